The fourth-order valence-corrected chi connectivity index (χ4v) is 5.21. The monoisotopic (exact) mass is 476 g/mol. The zero-order valence-corrected chi connectivity index (χ0v) is 19.7. The topological polar surface area (TPSA) is 48.3 Å². The maximum absolute atomic E-state index is 6.19. The Morgan fingerprint density at radius 1 is 0.486 bits per heavy atom. The molecule has 5 aromatic carbocycles. The third-order valence-electron chi connectivity index (χ3n) is 7.00. The Balaban J connectivity index is 1.36. The van der Waals surface area contributed by atoms with Crippen LogP contribution in [0.4, 0.5) is 0 Å². The molecule has 0 N–H and O–H groups in total. The molecule has 0 bridgehead atoms. The van der Waals surface area contributed by atoms with Gasteiger partial charge in [-0.3, -0.25) is 4.40 Å². The number of rotatable bonds is 3. The summed E-state index contributed by atoms with van der Waals surface area (Å²) in [7, 11) is 0. The number of hydrogen-bond acceptors (Lipinski definition) is 3. The molecule has 0 aliphatic carbocycles. The fraction of sp³-hybridized carbons (Fsp3) is 0. The van der Waals surface area contributed by atoms with E-state index in [1.165, 1.54) is 11.1 Å². The number of aromatic nitrogens is 4. The number of nitrogens with zero attached hydrogens (tertiary/aromatic N) is 4. The molecule has 0 spiro atoms. The summed E-state index contributed by atoms with van der Waals surface area (Å²) in [4.78, 5) is 9.76. The lowest BCUT2D eigenvalue weighted by molar-refractivity contribution is 0.572. The highest BCUT2D eigenvalue weighted by Crippen LogP contribution is 2.33. The van der Waals surface area contributed by atoms with Gasteiger partial charge in [-0.05, 0) is 58.7 Å². The molecule has 0 aliphatic heterocycles. The standard InChI is InChI=1S/C32H20N4O/c1-2-8-21(9-3-1)22-14-16-23(17-15-22)24-18-19-28-29(20-24)35-27-12-6-4-10-25(27)33-31(35)36(28)32-34-26-11-5-7-13-30(26)37-32/h1-20H. The number of para-hydroxylation sites is 4. The number of fused-ring (bicyclic) bond motifs is 6. The number of benzene rings is 5. The van der Waals surface area contributed by atoms with Crippen molar-refractivity contribution in [3.05, 3.63) is 121 Å². The van der Waals surface area contributed by atoms with E-state index in [1.807, 2.05) is 53.1 Å². The van der Waals surface area contributed by atoms with E-state index >= 15 is 0 Å². The zero-order valence-electron chi connectivity index (χ0n) is 19.7. The van der Waals surface area contributed by atoms with E-state index in [0.717, 1.165) is 50.1 Å². The van der Waals surface area contributed by atoms with Gasteiger partial charge in [-0.25, -0.2) is 9.55 Å². The summed E-state index contributed by atoms with van der Waals surface area (Å²) in [5.41, 5.74) is 10.3. The quantitative estimate of drug-likeness (QED) is 0.260. The van der Waals surface area contributed by atoms with Crippen molar-refractivity contribution in [1.82, 2.24) is 18.9 Å². The zero-order chi connectivity index (χ0) is 24.3. The van der Waals surface area contributed by atoms with Crippen molar-refractivity contribution in [3.63, 3.8) is 0 Å². The Kier molecular flexibility index (Phi) is 4.16. The van der Waals surface area contributed by atoms with Crippen LogP contribution in [0.25, 0.3) is 67.2 Å². The summed E-state index contributed by atoms with van der Waals surface area (Å²) in [6, 6.07) is 42.2. The molecule has 0 saturated carbocycles. The van der Waals surface area contributed by atoms with Crippen LogP contribution < -0.4 is 0 Å². The van der Waals surface area contributed by atoms with Crippen LogP contribution in [-0.4, -0.2) is 18.9 Å². The van der Waals surface area contributed by atoms with E-state index in [0.29, 0.717) is 6.01 Å². The fourth-order valence-electron chi connectivity index (χ4n) is 5.21. The van der Waals surface area contributed by atoms with Gasteiger partial charge in [0.2, 0.25) is 5.78 Å². The van der Waals surface area contributed by atoms with Gasteiger partial charge in [-0.15, -0.1) is 0 Å². The summed E-state index contributed by atoms with van der Waals surface area (Å²) in [5.74, 6) is 0.777. The first-order valence-corrected chi connectivity index (χ1v) is 12.3. The van der Waals surface area contributed by atoms with E-state index in [1.54, 1.807) is 0 Å². The van der Waals surface area contributed by atoms with Gasteiger partial charge in [-0.1, -0.05) is 84.9 Å². The minimum atomic E-state index is 0.511. The molecule has 3 aromatic heterocycles. The van der Waals surface area contributed by atoms with E-state index < -0.39 is 0 Å². The summed E-state index contributed by atoms with van der Waals surface area (Å²) in [6.45, 7) is 0. The van der Waals surface area contributed by atoms with Crippen LogP contribution in [0.15, 0.2) is 126 Å². The van der Waals surface area contributed by atoms with Crippen LogP contribution in [-0.2, 0) is 0 Å². The van der Waals surface area contributed by atoms with Crippen LogP contribution >= 0.6 is 0 Å². The number of hydrogen-bond donors (Lipinski definition) is 0. The smallest absolute Gasteiger partial charge is 0.310 e. The van der Waals surface area contributed by atoms with E-state index in [4.69, 9.17) is 14.4 Å². The molecule has 0 amide bonds. The predicted octanol–water partition coefficient (Wildman–Crippen LogP) is 7.91. The van der Waals surface area contributed by atoms with Gasteiger partial charge in [0.15, 0.2) is 5.58 Å². The van der Waals surface area contributed by atoms with Crippen LogP contribution in [0, 0.1) is 0 Å². The van der Waals surface area contributed by atoms with Gasteiger partial charge in [0.25, 0.3) is 0 Å². The van der Waals surface area contributed by atoms with Gasteiger partial charge in [0, 0.05) is 0 Å². The Labute approximate surface area is 211 Å². The molecule has 0 radical (unpaired) electrons. The lowest BCUT2D eigenvalue weighted by Gasteiger charge is -2.06. The normalized spacial score (nSPS) is 11.8. The first kappa shape index (κ1) is 20.1. The minimum absolute atomic E-state index is 0.511. The van der Waals surface area contributed by atoms with Gasteiger partial charge in [0.1, 0.15) is 5.52 Å². The Hall–Kier alpha value is -5.16. The average molecular weight is 477 g/mol. The van der Waals surface area contributed by atoms with Crippen molar-refractivity contribution in [1.29, 1.82) is 0 Å². The molecule has 0 atom stereocenters. The summed E-state index contributed by atoms with van der Waals surface area (Å²) in [5, 5.41) is 0. The van der Waals surface area contributed by atoms with E-state index in [9.17, 15) is 0 Å². The molecule has 8 aromatic rings. The van der Waals surface area contributed by atoms with E-state index in [-0.39, 0.29) is 0 Å². The first-order valence-electron chi connectivity index (χ1n) is 12.3. The largest absolute Gasteiger partial charge is 0.423 e. The lowest BCUT2D eigenvalue weighted by atomic mass is 10.00. The molecule has 0 aliphatic rings. The van der Waals surface area contributed by atoms with Crippen molar-refractivity contribution in [3.8, 4) is 28.3 Å². The molecule has 8 rings (SSSR count). The molecule has 0 saturated heterocycles. The first-order chi connectivity index (χ1) is 18.3. The van der Waals surface area contributed by atoms with E-state index in [2.05, 4.69) is 77.2 Å². The van der Waals surface area contributed by atoms with Crippen molar-refractivity contribution in [2.75, 3.05) is 0 Å². The SMILES string of the molecule is c1ccc(-c2ccc(-c3ccc4c(c3)n3c5ccccc5nc3n4-c3nc4ccccc4o3)cc2)cc1. The maximum Gasteiger partial charge on any atom is 0.310 e. The molecule has 37 heavy (non-hydrogen) atoms. The summed E-state index contributed by atoms with van der Waals surface area (Å²) in [6.07, 6.45) is 0. The Morgan fingerprint density at radius 2 is 1.14 bits per heavy atom. The molecule has 5 nitrogen and oxygen atoms in total. The highest BCUT2D eigenvalue weighted by atomic mass is 16.4. The van der Waals surface area contributed by atoms with Crippen molar-refractivity contribution < 1.29 is 4.42 Å². The molecule has 5 heteroatoms. The predicted molar refractivity (Wildman–Crippen MR) is 148 cm³/mol. The van der Waals surface area contributed by atoms with Crippen molar-refractivity contribution in [2.45, 2.75) is 0 Å². The molecular formula is C32H20N4O. The van der Waals surface area contributed by atoms with Gasteiger partial charge in [-0.2, -0.15) is 4.98 Å². The van der Waals surface area contributed by atoms with Crippen LogP contribution in [0.5, 0.6) is 0 Å². The lowest BCUT2D eigenvalue weighted by Crippen LogP contribution is -1.95. The second-order valence-electron chi connectivity index (χ2n) is 9.18. The summed E-state index contributed by atoms with van der Waals surface area (Å²) < 4.78 is 10.4. The van der Waals surface area contributed by atoms with Crippen LogP contribution in [0.3, 0.4) is 0 Å². The molecule has 3 heterocycles. The average Bonchev–Trinajstić information content (AvgIpc) is 3.64. The minimum Gasteiger partial charge on any atom is -0.423 e. The molecule has 174 valence electrons. The molecular weight excluding hydrogens is 456 g/mol. The third kappa shape index (κ3) is 3.04. The van der Waals surface area contributed by atoms with Crippen molar-refractivity contribution >= 4 is 38.9 Å². The number of oxazole rings is 1. The highest BCUT2D eigenvalue weighted by Gasteiger charge is 2.21. The van der Waals surface area contributed by atoms with Gasteiger partial charge < -0.3 is 4.42 Å². The number of imidazole rings is 2. The third-order valence-corrected chi connectivity index (χ3v) is 7.00. The summed E-state index contributed by atoms with van der Waals surface area (Å²) >= 11 is 0. The Bertz CT molecular complexity index is 2050. The van der Waals surface area contributed by atoms with Crippen molar-refractivity contribution in [2.24, 2.45) is 0 Å². The maximum atomic E-state index is 6.19. The highest BCUT2D eigenvalue weighted by molar-refractivity contribution is 5.94. The van der Waals surface area contributed by atoms with Gasteiger partial charge in [0.05, 0.1) is 22.1 Å². The second-order valence-corrected chi connectivity index (χ2v) is 9.18. The van der Waals surface area contributed by atoms with Crippen LogP contribution in [0.2, 0.25) is 0 Å². The molecule has 0 fully saturated rings. The van der Waals surface area contributed by atoms with Crippen LogP contribution in [0.1, 0.15) is 0 Å². The Morgan fingerprint density at radius 3 is 1.95 bits per heavy atom. The second kappa shape index (κ2) is 7.67. The van der Waals surface area contributed by atoms with Gasteiger partial charge >= 0.3 is 6.01 Å². The molecule has 0 unspecified atom stereocenters.